The molecule has 0 amide bonds. The summed E-state index contributed by atoms with van der Waals surface area (Å²) in [6.45, 7) is 4.18. The van der Waals surface area contributed by atoms with Gasteiger partial charge in [0.2, 0.25) is 0 Å². The van der Waals surface area contributed by atoms with Crippen LogP contribution in [0.2, 0.25) is 0 Å². The van der Waals surface area contributed by atoms with Crippen LogP contribution in [0.25, 0.3) is 22.2 Å². The maximum Gasteiger partial charge on any atom is 0.193 e. The van der Waals surface area contributed by atoms with E-state index in [2.05, 4.69) is 106 Å². The number of carbonyl (C=O) groups excluding carboxylic acids is 2. The SMILES string of the molecule is Cc1ccc(N(c2ccc(C)cc2)c2ccc(-c3ccc(NC4C(=O)c5ccccc5C4=O)c4nsnc34)cc2)cc1. The Hall–Kier alpha value is -5.14. The van der Waals surface area contributed by atoms with Gasteiger partial charge in [0.1, 0.15) is 11.0 Å². The zero-order valence-corrected chi connectivity index (χ0v) is 23.9. The molecule has 1 aromatic heterocycles. The Kier molecular flexibility index (Phi) is 6.36. The fourth-order valence-corrected chi connectivity index (χ4v) is 6.04. The molecule has 0 atom stereocenters. The number of aromatic nitrogens is 2. The van der Waals surface area contributed by atoms with Crippen LogP contribution in [0.4, 0.5) is 22.7 Å². The number of benzene rings is 5. The van der Waals surface area contributed by atoms with E-state index < -0.39 is 6.04 Å². The Morgan fingerprint density at radius 1 is 0.595 bits per heavy atom. The molecule has 1 aliphatic carbocycles. The van der Waals surface area contributed by atoms with Gasteiger partial charge in [-0.3, -0.25) is 9.59 Å². The Labute approximate surface area is 247 Å². The van der Waals surface area contributed by atoms with Crippen LogP contribution < -0.4 is 10.2 Å². The summed E-state index contributed by atoms with van der Waals surface area (Å²) in [5.41, 5.74) is 10.4. The molecular weight excluding hydrogens is 540 g/mol. The van der Waals surface area contributed by atoms with Crippen LogP contribution in [0, 0.1) is 13.8 Å². The third-order valence-corrected chi connectivity index (χ3v) is 8.25. The van der Waals surface area contributed by atoms with Gasteiger partial charge in [-0.2, -0.15) is 8.75 Å². The summed E-state index contributed by atoms with van der Waals surface area (Å²) in [6, 6.07) is 35.3. The van der Waals surface area contributed by atoms with E-state index in [1.54, 1.807) is 24.3 Å². The lowest BCUT2D eigenvalue weighted by molar-refractivity contribution is 0.0904. The quantitative estimate of drug-likeness (QED) is 0.204. The number of ketones is 2. The standard InChI is InChI=1S/C35H26N4O2S/c1-21-7-13-24(14-8-21)39(25-15-9-22(2)10-16-25)26-17-11-23(12-18-26)27-19-20-30(32-31(27)37-42-38-32)36-33-34(40)28-5-3-4-6-29(28)35(33)41/h3-20,33,36H,1-2H3. The predicted octanol–water partition coefficient (Wildman–Crippen LogP) is 8.30. The summed E-state index contributed by atoms with van der Waals surface area (Å²) in [5, 5.41) is 3.16. The molecule has 7 rings (SSSR count). The summed E-state index contributed by atoms with van der Waals surface area (Å²) in [6.07, 6.45) is 0. The van der Waals surface area contributed by atoms with Crippen molar-refractivity contribution in [2.75, 3.05) is 10.2 Å². The molecule has 1 heterocycles. The van der Waals surface area contributed by atoms with E-state index in [9.17, 15) is 9.59 Å². The lowest BCUT2D eigenvalue weighted by Crippen LogP contribution is -2.31. The van der Waals surface area contributed by atoms with Gasteiger partial charge < -0.3 is 10.2 Å². The molecule has 42 heavy (non-hydrogen) atoms. The molecule has 0 fully saturated rings. The largest absolute Gasteiger partial charge is 0.367 e. The number of carbonyl (C=O) groups is 2. The Bertz CT molecular complexity index is 1880. The number of aryl methyl sites for hydroxylation is 2. The molecule has 6 aromatic rings. The van der Waals surface area contributed by atoms with Crippen molar-refractivity contribution in [3.63, 3.8) is 0 Å². The van der Waals surface area contributed by atoms with Crippen molar-refractivity contribution in [1.29, 1.82) is 0 Å². The van der Waals surface area contributed by atoms with Crippen LogP contribution in [0.3, 0.4) is 0 Å². The molecule has 204 valence electrons. The van der Waals surface area contributed by atoms with Crippen LogP contribution in [0.15, 0.2) is 109 Å². The molecular formula is C35H26N4O2S. The summed E-state index contributed by atoms with van der Waals surface area (Å²) < 4.78 is 9.11. The highest BCUT2D eigenvalue weighted by Gasteiger charge is 2.38. The Morgan fingerprint density at radius 3 is 1.64 bits per heavy atom. The fraction of sp³-hybridized carbons (Fsp3) is 0.0857. The maximum atomic E-state index is 13.0. The predicted molar refractivity (Wildman–Crippen MR) is 170 cm³/mol. The van der Waals surface area contributed by atoms with Gasteiger partial charge in [-0.05, 0) is 67.9 Å². The third kappa shape index (κ3) is 4.44. The number of hydrogen-bond donors (Lipinski definition) is 1. The van der Waals surface area contributed by atoms with E-state index in [4.69, 9.17) is 0 Å². The van der Waals surface area contributed by atoms with Crippen molar-refractivity contribution in [3.05, 3.63) is 131 Å². The van der Waals surface area contributed by atoms with Crippen molar-refractivity contribution < 1.29 is 9.59 Å². The number of fused-ring (bicyclic) bond motifs is 2. The first kappa shape index (κ1) is 25.8. The van der Waals surface area contributed by atoms with Gasteiger partial charge >= 0.3 is 0 Å². The zero-order valence-electron chi connectivity index (χ0n) is 23.0. The average molecular weight is 567 g/mol. The molecule has 0 aliphatic heterocycles. The molecule has 0 unspecified atom stereocenters. The number of anilines is 4. The first-order valence-electron chi connectivity index (χ1n) is 13.7. The molecule has 5 aromatic carbocycles. The number of hydrogen-bond acceptors (Lipinski definition) is 7. The first-order chi connectivity index (χ1) is 20.5. The highest BCUT2D eigenvalue weighted by atomic mass is 32.1. The van der Waals surface area contributed by atoms with Crippen LogP contribution in [-0.2, 0) is 0 Å². The Morgan fingerprint density at radius 2 is 1.10 bits per heavy atom. The normalized spacial score (nSPS) is 13.0. The van der Waals surface area contributed by atoms with E-state index in [-0.39, 0.29) is 11.6 Å². The van der Waals surface area contributed by atoms with Crippen LogP contribution >= 0.6 is 11.7 Å². The summed E-state index contributed by atoms with van der Waals surface area (Å²) in [4.78, 5) is 28.2. The molecule has 1 aliphatic rings. The van der Waals surface area contributed by atoms with Crippen molar-refractivity contribution in [3.8, 4) is 11.1 Å². The molecule has 7 heteroatoms. The molecule has 6 nitrogen and oxygen atoms in total. The number of rotatable bonds is 6. The van der Waals surface area contributed by atoms with Gasteiger partial charge in [-0.1, -0.05) is 71.8 Å². The second-order valence-electron chi connectivity index (χ2n) is 10.5. The smallest absolute Gasteiger partial charge is 0.193 e. The van der Waals surface area contributed by atoms with Gasteiger partial charge in [0.25, 0.3) is 0 Å². The monoisotopic (exact) mass is 566 g/mol. The first-order valence-corrected chi connectivity index (χ1v) is 14.4. The molecule has 0 bridgehead atoms. The highest BCUT2D eigenvalue weighted by molar-refractivity contribution is 7.00. The second kappa shape index (κ2) is 10.4. The van der Waals surface area contributed by atoms with Crippen LogP contribution in [0.5, 0.6) is 0 Å². The van der Waals surface area contributed by atoms with Crippen molar-refractivity contribution in [2.24, 2.45) is 0 Å². The van der Waals surface area contributed by atoms with Gasteiger partial charge in [-0.15, -0.1) is 0 Å². The fourth-order valence-electron chi connectivity index (χ4n) is 5.47. The topological polar surface area (TPSA) is 75.2 Å². The number of nitrogens with zero attached hydrogens (tertiary/aromatic N) is 3. The molecule has 1 N–H and O–H groups in total. The van der Waals surface area contributed by atoms with Gasteiger partial charge in [0.15, 0.2) is 17.6 Å². The third-order valence-electron chi connectivity index (χ3n) is 7.72. The van der Waals surface area contributed by atoms with E-state index in [0.29, 0.717) is 22.3 Å². The second-order valence-corrected chi connectivity index (χ2v) is 11.1. The van der Waals surface area contributed by atoms with Crippen molar-refractivity contribution in [2.45, 2.75) is 19.9 Å². The van der Waals surface area contributed by atoms with Crippen molar-refractivity contribution >= 4 is 57.1 Å². The molecule has 0 spiro atoms. The molecule has 0 saturated heterocycles. The van der Waals surface area contributed by atoms with E-state index >= 15 is 0 Å². The minimum atomic E-state index is -0.966. The highest BCUT2D eigenvalue weighted by Crippen LogP contribution is 2.38. The lowest BCUT2D eigenvalue weighted by atomic mass is 10.0. The zero-order chi connectivity index (χ0) is 28.8. The minimum absolute atomic E-state index is 0.224. The molecule has 0 saturated carbocycles. The van der Waals surface area contributed by atoms with E-state index in [1.165, 1.54) is 11.1 Å². The lowest BCUT2D eigenvalue weighted by Gasteiger charge is -2.26. The summed E-state index contributed by atoms with van der Waals surface area (Å²) in [7, 11) is 0. The van der Waals surface area contributed by atoms with Gasteiger partial charge in [-0.25, -0.2) is 0 Å². The van der Waals surface area contributed by atoms with E-state index in [1.807, 2.05) is 12.1 Å². The van der Waals surface area contributed by atoms with Crippen LogP contribution in [0.1, 0.15) is 31.8 Å². The van der Waals surface area contributed by atoms with Crippen LogP contribution in [-0.4, -0.2) is 26.4 Å². The van der Waals surface area contributed by atoms with E-state index in [0.717, 1.165) is 45.4 Å². The maximum absolute atomic E-state index is 13.0. The molecule has 0 radical (unpaired) electrons. The Balaban J connectivity index is 1.22. The summed E-state index contributed by atoms with van der Waals surface area (Å²) in [5.74, 6) is -0.448. The van der Waals surface area contributed by atoms with Crippen molar-refractivity contribution in [1.82, 2.24) is 8.75 Å². The minimum Gasteiger partial charge on any atom is -0.367 e. The number of Topliss-reactive ketones (excluding diaryl/α,β-unsaturated/α-hetero) is 2. The van der Waals surface area contributed by atoms with Gasteiger partial charge in [0.05, 0.1) is 17.4 Å². The summed E-state index contributed by atoms with van der Waals surface area (Å²) >= 11 is 1.11. The average Bonchev–Trinajstić information content (AvgIpc) is 3.60. The van der Waals surface area contributed by atoms with Gasteiger partial charge in [0, 0.05) is 33.8 Å². The number of nitrogens with one attached hydrogen (secondary N) is 1.